The van der Waals surface area contributed by atoms with Gasteiger partial charge in [-0.25, -0.2) is 4.42 Å². The third-order valence-electron chi connectivity index (χ3n) is 6.83. The van der Waals surface area contributed by atoms with E-state index in [9.17, 15) is 19.7 Å². The summed E-state index contributed by atoms with van der Waals surface area (Å²) in [7, 11) is 0. The number of aromatic amines is 1. The number of alkyl halides is 1. The number of halogens is 2. The molecular formula is C25H25Cl2N5O5. The third kappa shape index (κ3) is 5.15. The van der Waals surface area contributed by atoms with Crippen LogP contribution >= 0.6 is 23.4 Å². The first kappa shape index (κ1) is 25.5. The van der Waals surface area contributed by atoms with E-state index in [4.69, 9.17) is 28.1 Å². The van der Waals surface area contributed by atoms with E-state index in [0.29, 0.717) is 55.3 Å². The number of fused-ring (bicyclic) bond motifs is 2. The third-order valence-corrected chi connectivity index (χ3v) is 7.52. The van der Waals surface area contributed by atoms with Crippen LogP contribution in [0.25, 0.3) is 10.9 Å². The summed E-state index contributed by atoms with van der Waals surface area (Å²) in [6.07, 6.45) is 0. The Bertz CT molecular complexity index is 1360. The SMILES string of the molecule is O=C(c1ccc2cc(C(=O)N3CC(CCl)c4ccc([N+](=O)[O-])cc43)[nH]c2c1)N(Cl)CCN1CCOCC1. The first-order valence-electron chi connectivity index (χ1n) is 11.9. The predicted molar refractivity (Wildman–Crippen MR) is 141 cm³/mol. The fourth-order valence-electron chi connectivity index (χ4n) is 4.78. The number of morpholine rings is 1. The number of rotatable bonds is 7. The molecule has 3 aromatic rings. The molecule has 2 aliphatic rings. The van der Waals surface area contributed by atoms with E-state index in [0.717, 1.165) is 24.0 Å². The minimum atomic E-state index is -0.487. The summed E-state index contributed by atoms with van der Waals surface area (Å²) in [6.45, 7) is 4.31. The molecule has 0 aliphatic carbocycles. The standard InChI is InChI=1S/C25H25Cl2N5O5/c26-14-18-15-30(23-13-19(32(35)36)3-4-20(18)23)25(34)22-11-16-1-2-17(12-21(16)28-22)24(33)31(27)6-5-29-7-9-37-10-8-29/h1-4,11-13,18,28H,5-10,14-15H2. The second-order valence-electron chi connectivity index (χ2n) is 9.10. The molecule has 37 heavy (non-hydrogen) atoms. The molecule has 5 rings (SSSR count). The van der Waals surface area contributed by atoms with Gasteiger partial charge in [0.2, 0.25) is 0 Å². The lowest BCUT2D eigenvalue weighted by Gasteiger charge is -2.27. The molecule has 1 fully saturated rings. The minimum absolute atomic E-state index is 0.0918. The molecule has 1 saturated heterocycles. The second kappa shape index (κ2) is 10.7. The molecule has 194 valence electrons. The number of nitro groups is 1. The molecule has 1 N–H and O–H groups in total. The second-order valence-corrected chi connectivity index (χ2v) is 9.81. The normalized spacial score (nSPS) is 17.7. The topological polar surface area (TPSA) is 112 Å². The highest BCUT2D eigenvalue weighted by molar-refractivity contribution is 6.24. The molecular weight excluding hydrogens is 521 g/mol. The average Bonchev–Trinajstić information content (AvgIpc) is 3.52. The number of H-pyrrole nitrogens is 1. The number of nitro benzene ring substituents is 1. The summed E-state index contributed by atoms with van der Waals surface area (Å²) in [4.78, 5) is 44.0. The van der Waals surface area contributed by atoms with Gasteiger partial charge in [0, 0.05) is 78.4 Å². The maximum absolute atomic E-state index is 13.5. The molecule has 1 unspecified atom stereocenters. The molecule has 10 nitrogen and oxygen atoms in total. The Balaban J connectivity index is 1.34. The first-order chi connectivity index (χ1) is 17.9. The Morgan fingerprint density at radius 2 is 1.95 bits per heavy atom. The number of benzene rings is 2. The lowest BCUT2D eigenvalue weighted by molar-refractivity contribution is -0.384. The average molecular weight is 546 g/mol. The largest absolute Gasteiger partial charge is 0.379 e. The monoisotopic (exact) mass is 545 g/mol. The number of nitrogens with one attached hydrogen (secondary N) is 1. The van der Waals surface area contributed by atoms with E-state index in [1.165, 1.54) is 21.5 Å². The van der Waals surface area contributed by atoms with Crippen LogP contribution in [0.3, 0.4) is 0 Å². The highest BCUT2D eigenvalue weighted by Gasteiger charge is 2.34. The zero-order valence-corrected chi connectivity index (χ0v) is 21.4. The Morgan fingerprint density at radius 3 is 2.68 bits per heavy atom. The van der Waals surface area contributed by atoms with E-state index in [-0.39, 0.29) is 29.3 Å². The molecule has 2 aromatic carbocycles. The van der Waals surface area contributed by atoms with Gasteiger partial charge in [-0.15, -0.1) is 11.6 Å². The zero-order valence-electron chi connectivity index (χ0n) is 19.9. The van der Waals surface area contributed by atoms with E-state index < -0.39 is 4.92 Å². The predicted octanol–water partition coefficient (Wildman–Crippen LogP) is 3.99. The Labute approximate surface area is 222 Å². The lowest BCUT2D eigenvalue weighted by atomic mass is 10.0. The fourth-order valence-corrected chi connectivity index (χ4v) is 5.22. The minimum Gasteiger partial charge on any atom is -0.379 e. The molecule has 2 aliphatic heterocycles. The van der Waals surface area contributed by atoms with Crippen molar-refractivity contribution in [1.29, 1.82) is 0 Å². The van der Waals surface area contributed by atoms with Gasteiger partial charge in [-0.2, -0.15) is 0 Å². The van der Waals surface area contributed by atoms with Gasteiger partial charge < -0.3 is 14.6 Å². The zero-order chi connectivity index (χ0) is 26.1. The van der Waals surface area contributed by atoms with Gasteiger partial charge in [0.1, 0.15) is 5.69 Å². The molecule has 3 heterocycles. The molecule has 1 atom stereocenters. The smallest absolute Gasteiger partial charge is 0.274 e. The summed E-state index contributed by atoms with van der Waals surface area (Å²) in [5, 5.41) is 12.0. The van der Waals surface area contributed by atoms with Crippen molar-refractivity contribution in [1.82, 2.24) is 14.3 Å². The lowest BCUT2D eigenvalue weighted by Crippen LogP contribution is -2.40. The number of non-ortho nitro benzene ring substituents is 1. The summed E-state index contributed by atoms with van der Waals surface area (Å²) in [5.74, 6) is -0.497. The summed E-state index contributed by atoms with van der Waals surface area (Å²) in [6, 6.07) is 11.3. The number of aromatic nitrogens is 1. The Morgan fingerprint density at radius 1 is 1.16 bits per heavy atom. The fraction of sp³-hybridized carbons (Fsp3) is 0.360. The van der Waals surface area contributed by atoms with Crippen LogP contribution in [0.5, 0.6) is 0 Å². The molecule has 0 spiro atoms. The quantitative estimate of drug-likeness (QED) is 0.208. The molecule has 2 amide bonds. The van der Waals surface area contributed by atoms with Gasteiger partial charge in [0.15, 0.2) is 0 Å². The molecule has 0 saturated carbocycles. The number of hydrogen-bond acceptors (Lipinski definition) is 6. The van der Waals surface area contributed by atoms with Crippen molar-refractivity contribution in [3.63, 3.8) is 0 Å². The van der Waals surface area contributed by atoms with Gasteiger partial charge >= 0.3 is 0 Å². The number of amides is 2. The summed E-state index contributed by atoms with van der Waals surface area (Å²) in [5.41, 5.74) is 2.51. The van der Waals surface area contributed by atoms with Crippen molar-refractivity contribution in [2.45, 2.75) is 5.92 Å². The summed E-state index contributed by atoms with van der Waals surface area (Å²) >= 11 is 12.4. The van der Waals surface area contributed by atoms with Crippen LogP contribution in [-0.2, 0) is 4.74 Å². The van der Waals surface area contributed by atoms with Gasteiger partial charge in [-0.05, 0) is 29.8 Å². The number of carbonyl (C=O) groups is 2. The summed E-state index contributed by atoms with van der Waals surface area (Å²) < 4.78 is 6.51. The van der Waals surface area contributed by atoms with E-state index >= 15 is 0 Å². The molecule has 12 heteroatoms. The van der Waals surface area contributed by atoms with Crippen LogP contribution in [0, 0.1) is 10.1 Å². The van der Waals surface area contributed by atoms with Crippen LogP contribution in [-0.4, -0.2) is 82.9 Å². The van der Waals surface area contributed by atoms with Gasteiger partial charge in [0.05, 0.1) is 30.4 Å². The van der Waals surface area contributed by atoms with E-state index in [1.807, 2.05) is 0 Å². The van der Waals surface area contributed by atoms with Crippen molar-refractivity contribution < 1.29 is 19.2 Å². The number of hydrogen-bond donors (Lipinski definition) is 1. The Kier molecular flexibility index (Phi) is 7.34. The Hall–Kier alpha value is -3.18. The van der Waals surface area contributed by atoms with Crippen LogP contribution in [0.4, 0.5) is 11.4 Å². The van der Waals surface area contributed by atoms with Crippen LogP contribution in [0.2, 0.25) is 0 Å². The van der Waals surface area contributed by atoms with Crippen molar-refractivity contribution >= 4 is 57.5 Å². The van der Waals surface area contributed by atoms with Gasteiger partial charge in [0.25, 0.3) is 17.5 Å². The van der Waals surface area contributed by atoms with Crippen molar-refractivity contribution in [2.75, 3.05) is 56.7 Å². The molecule has 1 aromatic heterocycles. The van der Waals surface area contributed by atoms with Crippen molar-refractivity contribution in [2.24, 2.45) is 0 Å². The number of anilines is 1. The number of carbonyl (C=O) groups excluding carboxylic acids is 2. The number of nitrogens with zero attached hydrogens (tertiary/aromatic N) is 4. The highest BCUT2D eigenvalue weighted by Crippen LogP contribution is 2.40. The van der Waals surface area contributed by atoms with Gasteiger partial charge in [-0.3, -0.25) is 24.6 Å². The van der Waals surface area contributed by atoms with Crippen molar-refractivity contribution in [3.8, 4) is 0 Å². The number of ether oxygens (including phenoxy) is 1. The van der Waals surface area contributed by atoms with Crippen LogP contribution in [0.1, 0.15) is 32.3 Å². The molecule has 0 bridgehead atoms. The van der Waals surface area contributed by atoms with Crippen LogP contribution in [0.15, 0.2) is 42.5 Å². The highest BCUT2D eigenvalue weighted by atomic mass is 35.5. The maximum Gasteiger partial charge on any atom is 0.274 e. The molecule has 0 radical (unpaired) electrons. The first-order valence-corrected chi connectivity index (χ1v) is 12.8. The van der Waals surface area contributed by atoms with E-state index in [1.54, 1.807) is 30.3 Å². The van der Waals surface area contributed by atoms with E-state index in [2.05, 4.69) is 9.88 Å². The van der Waals surface area contributed by atoms with Crippen molar-refractivity contribution in [3.05, 3.63) is 69.4 Å². The maximum atomic E-state index is 13.5. The van der Waals surface area contributed by atoms with Gasteiger partial charge in [-0.1, -0.05) is 6.07 Å². The van der Waals surface area contributed by atoms with Crippen LogP contribution < -0.4 is 4.90 Å².